The molecule has 5 atom stereocenters. The average Bonchev–Trinajstić information content (AvgIpc) is 3.24. The molecule has 1 aromatic carbocycles. The van der Waals surface area contributed by atoms with E-state index in [1.165, 1.54) is 0 Å². The van der Waals surface area contributed by atoms with Crippen LogP contribution in [0.25, 0.3) is 0 Å². The molecule has 10 nitrogen and oxygen atoms in total. The number of aliphatic hydroxyl groups is 4. The maximum absolute atomic E-state index is 14.1. The Morgan fingerprint density at radius 2 is 1.89 bits per heavy atom. The number of aromatic amines is 1. The summed E-state index contributed by atoms with van der Waals surface area (Å²) in [6.45, 7) is 3.43. The zero-order valence-corrected chi connectivity index (χ0v) is 19.9. The van der Waals surface area contributed by atoms with Gasteiger partial charge in [0.15, 0.2) is 6.17 Å². The molecule has 3 rings (SSSR count). The van der Waals surface area contributed by atoms with Crippen LogP contribution < -0.4 is 10.1 Å². The maximum Gasteiger partial charge on any atom is 0.238 e. The molecular weight excluding hydrogens is 461 g/mol. The van der Waals surface area contributed by atoms with Crippen LogP contribution in [0.5, 0.6) is 5.88 Å². The van der Waals surface area contributed by atoms with Crippen LogP contribution in [-0.4, -0.2) is 87.1 Å². The molecule has 1 fully saturated rings. The monoisotopic (exact) mass is 495 g/mol. The van der Waals surface area contributed by atoms with Crippen LogP contribution in [0.1, 0.15) is 48.6 Å². The van der Waals surface area contributed by atoms with Crippen molar-refractivity contribution in [3.63, 3.8) is 0 Å². The summed E-state index contributed by atoms with van der Waals surface area (Å²) in [6.07, 6.45) is -6.78. The zero-order valence-electron chi connectivity index (χ0n) is 19.9. The highest BCUT2D eigenvalue weighted by Gasteiger charge is 2.46. The number of aliphatic hydroxyl groups excluding tert-OH is 4. The number of carbonyl (C=O) groups is 1. The summed E-state index contributed by atoms with van der Waals surface area (Å²) in [7, 11) is 0. The van der Waals surface area contributed by atoms with Gasteiger partial charge in [0.05, 0.1) is 13.2 Å². The highest BCUT2D eigenvalue weighted by Crippen LogP contribution is 2.31. The SMILES string of the molecule is CC(C)c1[nH]nc(OC2OC(CO)C(F)C(O)C2O)c1Cc1ccc(CCC(=O)NCCO)cc1. The molecule has 1 aliphatic rings. The lowest BCUT2D eigenvalue weighted by Gasteiger charge is -2.38. The summed E-state index contributed by atoms with van der Waals surface area (Å²) in [5.74, 6) is 0.114. The van der Waals surface area contributed by atoms with Crippen LogP contribution >= 0.6 is 0 Å². The second-order valence-electron chi connectivity index (χ2n) is 8.91. The molecule has 35 heavy (non-hydrogen) atoms. The van der Waals surface area contributed by atoms with Crippen LogP contribution in [0.4, 0.5) is 4.39 Å². The van der Waals surface area contributed by atoms with Crippen molar-refractivity contribution in [3.8, 4) is 5.88 Å². The quantitative estimate of drug-likeness (QED) is 0.260. The topological polar surface area (TPSA) is 157 Å². The Morgan fingerprint density at radius 1 is 1.20 bits per heavy atom. The normalized spacial score (nSPS) is 24.5. The molecule has 5 unspecified atom stereocenters. The second kappa shape index (κ2) is 12.4. The lowest BCUT2D eigenvalue weighted by atomic mass is 9.98. The number of nitrogens with one attached hydrogen (secondary N) is 2. The number of amides is 1. The van der Waals surface area contributed by atoms with E-state index >= 15 is 0 Å². The minimum absolute atomic E-state index is 0.0785. The fourth-order valence-corrected chi connectivity index (χ4v) is 3.92. The van der Waals surface area contributed by atoms with Crippen molar-refractivity contribution >= 4 is 5.91 Å². The van der Waals surface area contributed by atoms with E-state index in [9.17, 15) is 24.5 Å². The van der Waals surface area contributed by atoms with Gasteiger partial charge in [-0.1, -0.05) is 38.1 Å². The number of aryl methyl sites for hydroxylation is 1. The van der Waals surface area contributed by atoms with Crippen LogP contribution in [0.2, 0.25) is 0 Å². The highest BCUT2D eigenvalue weighted by atomic mass is 19.1. The zero-order chi connectivity index (χ0) is 25.5. The average molecular weight is 496 g/mol. The molecule has 1 amide bonds. The highest BCUT2D eigenvalue weighted by molar-refractivity contribution is 5.76. The molecule has 6 N–H and O–H groups in total. The van der Waals surface area contributed by atoms with Crippen LogP contribution in [0, 0.1) is 0 Å². The largest absolute Gasteiger partial charge is 0.443 e. The van der Waals surface area contributed by atoms with Gasteiger partial charge < -0.3 is 35.2 Å². The van der Waals surface area contributed by atoms with Gasteiger partial charge in [-0.05, 0) is 23.5 Å². The van der Waals surface area contributed by atoms with Crippen molar-refractivity contribution in [2.75, 3.05) is 19.8 Å². The van der Waals surface area contributed by atoms with Crippen LogP contribution in [0.3, 0.4) is 0 Å². The molecule has 1 aliphatic heterocycles. The van der Waals surface area contributed by atoms with E-state index in [-0.39, 0.29) is 30.9 Å². The summed E-state index contributed by atoms with van der Waals surface area (Å²) in [4.78, 5) is 11.7. The smallest absolute Gasteiger partial charge is 0.238 e. The number of H-pyrrole nitrogens is 1. The predicted octanol–water partition coefficient (Wildman–Crippen LogP) is 0.321. The molecule has 0 saturated carbocycles. The Balaban J connectivity index is 1.72. The number of aromatic nitrogens is 2. The molecule has 0 spiro atoms. The summed E-state index contributed by atoms with van der Waals surface area (Å²) in [5.41, 5.74) is 3.49. The Morgan fingerprint density at radius 3 is 2.51 bits per heavy atom. The van der Waals surface area contributed by atoms with Gasteiger partial charge in [0.25, 0.3) is 0 Å². The van der Waals surface area contributed by atoms with Gasteiger partial charge in [-0.2, -0.15) is 0 Å². The minimum atomic E-state index is -1.95. The molecule has 11 heteroatoms. The lowest BCUT2D eigenvalue weighted by molar-refractivity contribution is -0.265. The fraction of sp³-hybridized carbons (Fsp3) is 0.583. The van der Waals surface area contributed by atoms with Crippen molar-refractivity contribution in [3.05, 3.63) is 46.6 Å². The van der Waals surface area contributed by atoms with Gasteiger partial charge in [0.2, 0.25) is 18.1 Å². The van der Waals surface area contributed by atoms with Crippen molar-refractivity contribution in [2.24, 2.45) is 0 Å². The van der Waals surface area contributed by atoms with Crippen molar-refractivity contribution < 1.29 is 39.1 Å². The van der Waals surface area contributed by atoms with E-state index in [1.807, 2.05) is 38.1 Å². The van der Waals surface area contributed by atoms with E-state index in [0.29, 0.717) is 19.3 Å². The van der Waals surface area contributed by atoms with E-state index in [2.05, 4.69) is 15.5 Å². The number of ether oxygens (including phenoxy) is 2. The molecule has 1 saturated heterocycles. The molecule has 0 radical (unpaired) electrons. The summed E-state index contributed by atoms with van der Waals surface area (Å²) >= 11 is 0. The molecule has 1 aromatic heterocycles. The van der Waals surface area contributed by atoms with E-state index in [1.54, 1.807) is 0 Å². The van der Waals surface area contributed by atoms with Gasteiger partial charge in [0, 0.05) is 30.6 Å². The first kappa shape index (κ1) is 27.0. The van der Waals surface area contributed by atoms with Crippen molar-refractivity contribution in [2.45, 2.75) is 69.8 Å². The molecule has 2 aromatic rings. The van der Waals surface area contributed by atoms with E-state index in [0.717, 1.165) is 22.4 Å². The fourth-order valence-electron chi connectivity index (χ4n) is 3.92. The first-order chi connectivity index (χ1) is 16.7. The summed E-state index contributed by atoms with van der Waals surface area (Å²) in [5, 5.41) is 48.1. The number of nitrogens with zero attached hydrogens (tertiary/aromatic N) is 1. The predicted molar refractivity (Wildman–Crippen MR) is 124 cm³/mol. The van der Waals surface area contributed by atoms with Crippen LogP contribution in [-0.2, 0) is 22.4 Å². The van der Waals surface area contributed by atoms with Gasteiger partial charge in [-0.3, -0.25) is 9.89 Å². The number of hydrogen-bond acceptors (Lipinski definition) is 8. The third-order valence-corrected chi connectivity index (χ3v) is 5.94. The van der Waals surface area contributed by atoms with Gasteiger partial charge in [-0.25, -0.2) is 4.39 Å². The number of rotatable bonds is 11. The Hall–Kier alpha value is -2.57. The molecule has 194 valence electrons. The number of alkyl halides is 1. The number of benzene rings is 1. The lowest BCUT2D eigenvalue weighted by Crippen LogP contribution is -2.58. The molecule has 0 bridgehead atoms. The Kier molecular flexibility index (Phi) is 9.58. The first-order valence-electron chi connectivity index (χ1n) is 11.7. The number of carbonyl (C=O) groups excluding carboxylic acids is 1. The van der Waals surface area contributed by atoms with E-state index in [4.69, 9.17) is 14.6 Å². The van der Waals surface area contributed by atoms with E-state index < -0.39 is 37.4 Å². The number of halogens is 1. The third kappa shape index (κ3) is 6.77. The molecule has 2 heterocycles. The summed E-state index contributed by atoms with van der Waals surface area (Å²) < 4.78 is 25.2. The first-order valence-corrected chi connectivity index (χ1v) is 11.7. The second-order valence-corrected chi connectivity index (χ2v) is 8.91. The third-order valence-electron chi connectivity index (χ3n) is 5.94. The molecular formula is C24H34FN3O7. The maximum atomic E-state index is 14.1. The number of hydrogen-bond donors (Lipinski definition) is 6. The van der Waals surface area contributed by atoms with Gasteiger partial charge in [-0.15, -0.1) is 5.10 Å². The minimum Gasteiger partial charge on any atom is -0.443 e. The Bertz CT molecular complexity index is 951. The van der Waals surface area contributed by atoms with Gasteiger partial charge in [0.1, 0.15) is 18.3 Å². The summed E-state index contributed by atoms with van der Waals surface area (Å²) in [6, 6.07) is 7.74. The van der Waals surface area contributed by atoms with Crippen LogP contribution in [0.15, 0.2) is 24.3 Å². The Labute approximate surface area is 203 Å². The molecule has 0 aliphatic carbocycles. The van der Waals surface area contributed by atoms with Crippen molar-refractivity contribution in [1.82, 2.24) is 15.5 Å². The van der Waals surface area contributed by atoms with Crippen molar-refractivity contribution in [1.29, 1.82) is 0 Å². The standard InChI is InChI=1S/C24H34FN3O7/c1-13(2)20-16(11-15-5-3-14(4-6-15)7-8-18(31)26-9-10-29)23(28-27-20)35-24-22(33)21(32)19(25)17(12-30)34-24/h3-6,13,17,19,21-22,24,29-30,32-33H,7-12H2,1-2H3,(H,26,31)(H,27,28). The van der Waals surface area contributed by atoms with Gasteiger partial charge >= 0.3 is 0 Å².